The minimum Gasteiger partial charge on any atom is -0.444 e. The smallest absolute Gasteiger partial charge is 0.407 e. The highest BCUT2D eigenvalue weighted by Crippen LogP contribution is 2.50. The van der Waals surface area contributed by atoms with E-state index in [0.29, 0.717) is 69.1 Å². The number of amides is 3. The summed E-state index contributed by atoms with van der Waals surface area (Å²) in [6.45, 7) is 16.0. The normalized spacial score (nSPS) is 21.4. The Morgan fingerprint density at radius 1 is 1.04 bits per heavy atom. The van der Waals surface area contributed by atoms with Crippen LogP contribution in [0.4, 0.5) is 19.3 Å². The van der Waals surface area contributed by atoms with Crippen LogP contribution in [-0.4, -0.2) is 78.1 Å². The topological polar surface area (TPSA) is 82.2 Å². The number of fused-ring (bicyclic) bond motifs is 2. The molecular weight excluding hydrogens is 626 g/mol. The molecule has 2 aromatic rings. The quantitative estimate of drug-likeness (QED) is 0.352. The Kier molecular flexibility index (Phi) is 9.70. The zero-order chi connectivity index (χ0) is 34.5. The lowest BCUT2D eigenvalue weighted by Crippen LogP contribution is -2.52. The number of piperidine rings is 1. The highest BCUT2D eigenvalue weighted by molar-refractivity contribution is 6.31. The second-order valence-electron chi connectivity index (χ2n) is 15.2. The number of nitrogens with zero attached hydrogens (tertiary/aromatic N) is 3. The number of hydrogen-bond donors (Lipinski definition) is 1. The van der Waals surface area contributed by atoms with E-state index in [1.807, 2.05) is 24.0 Å². The third-order valence-corrected chi connectivity index (χ3v) is 10.2. The number of halogens is 3. The van der Waals surface area contributed by atoms with E-state index in [4.69, 9.17) is 16.3 Å². The lowest BCUT2D eigenvalue weighted by Gasteiger charge is -2.40. The molecule has 0 radical (unpaired) electrons. The summed E-state index contributed by atoms with van der Waals surface area (Å²) in [5, 5.41) is 3.35. The Bertz CT molecular complexity index is 1540. The summed E-state index contributed by atoms with van der Waals surface area (Å²) in [5.74, 6) is -2.30. The van der Waals surface area contributed by atoms with Gasteiger partial charge in [-0.05, 0) is 103 Å². The molecule has 0 aromatic heterocycles. The third-order valence-electron chi connectivity index (χ3n) is 9.84. The van der Waals surface area contributed by atoms with Gasteiger partial charge in [0.15, 0.2) is 0 Å². The van der Waals surface area contributed by atoms with Crippen LogP contribution in [-0.2, 0) is 19.7 Å². The molecule has 3 amide bonds. The molecule has 2 atom stereocenters. The molecule has 0 bridgehead atoms. The molecule has 1 N–H and O–H groups in total. The molecule has 3 aliphatic heterocycles. The van der Waals surface area contributed by atoms with Crippen LogP contribution in [0.5, 0.6) is 0 Å². The number of hydrogen-bond acceptors (Lipinski definition) is 5. The fraction of sp³-hybridized carbons (Fsp3) is 0.583. The molecular formula is C36H47ClF2N4O4. The van der Waals surface area contributed by atoms with Crippen molar-refractivity contribution in [2.75, 3.05) is 44.2 Å². The SMILES string of the molecule is Cc1cc2c(cc1Cl)C1(CCN(C(=O)C3CN(C(C)(C)C)CC3c3ccc(F)cc3F)CC1)C(=O)N2CCCNC(=O)OC(C)(C)C. The van der Waals surface area contributed by atoms with Gasteiger partial charge in [-0.1, -0.05) is 17.7 Å². The van der Waals surface area contributed by atoms with Gasteiger partial charge in [0.1, 0.15) is 17.2 Å². The van der Waals surface area contributed by atoms with Crippen molar-refractivity contribution < 1.29 is 27.9 Å². The highest BCUT2D eigenvalue weighted by atomic mass is 35.5. The number of carbonyl (C=O) groups is 3. The van der Waals surface area contributed by atoms with Gasteiger partial charge < -0.3 is 19.9 Å². The number of benzene rings is 2. The summed E-state index contributed by atoms with van der Waals surface area (Å²) in [6.07, 6.45) is 0.892. The van der Waals surface area contributed by atoms with Crippen LogP contribution in [0.1, 0.15) is 83.4 Å². The number of ether oxygens (including phenoxy) is 1. The van der Waals surface area contributed by atoms with Crippen molar-refractivity contribution in [2.45, 2.75) is 90.2 Å². The summed E-state index contributed by atoms with van der Waals surface area (Å²) in [7, 11) is 0. The zero-order valence-corrected chi connectivity index (χ0v) is 29.3. The first-order chi connectivity index (χ1) is 21.9. The van der Waals surface area contributed by atoms with Crippen LogP contribution >= 0.6 is 11.6 Å². The predicted octanol–water partition coefficient (Wildman–Crippen LogP) is 6.56. The summed E-state index contributed by atoms with van der Waals surface area (Å²) in [5.41, 5.74) is 1.25. The largest absolute Gasteiger partial charge is 0.444 e. The van der Waals surface area contributed by atoms with Crippen molar-refractivity contribution in [2.24, 2.45) is 5.92 Å². The molecule has 3 heterocycles. The van der Waals surface area contributed by atoms with Crippen LogP contribution in [0.3, 0.4) is 0 Å². The molecule has 8 nitrogen and oxygen atoms in total. The Morgan fingerprint density at radius 3 is 2.34 bits per heavy atom. The molecule has 3 aliphatic rings. The van der Waals surface area contributed by atoms with Crippen LogP contribution in [0.2, 0.25) is 5.02 Å². The van der Waals surface area contributed by atoms with Gasteiger partial charge in [0.25, 0.3) is 0 Å². The molecule has 2 unspecified atom stereocenters. The van der Waals surface area contributed by atoms with Crippen LogP contribution in [0.25, 0.3) is 0 Å². The zero-order valence-electron chi connectivity index (χ0n) is 28.5. The molecule has 47 heavy (non-hydrogen) atoms. The van der Waals surface area contributed by atoms with Gasteiger partial charge >= 0.3 is 6.09 Å². The molecule has 1 spiro atoms. The average molecular weight is 673 g/mol. The van der Waals surface area contributed by atoms with Crippen LogP contribution in [0.15, 0.2) is 30.3 Å². The molecule has 2 aromatic carbocycles. The summed E-state index contributed by atoms with van der Waals surface area (Å²) < 4.78 is 34.2. The summed E-state index contributed by atoms with van der Waals surface area (Å²) in [4.78, 5) is 46.4. The van der Waals surface area contributed by atoms with E-state index in [9.17, 15) is 18.8 Å². The number of likely N-dealkylation sites (tertiary alicyclic amines) is 2. The van der Waals surface area contributed by atoms with Crippen molar-refractivity contribution >= 4 is 35.2 Å². The lowest BCUT2D eigenvalue weighted by atomic mass is 9.73. The fourth-order valence-corrected chi connectivity index (χ4v) is 7.43. The van der Waals surface area contributed by atoms with E-state index in [1.165, 1.54) is 12.1 Å². The number of aryl methyl sites for hydroxylation is 1. The Hall–Kier alpha value is -3.24. The molecule has 2 fully saturated rings. The third kappa shape index (κ3) is 7.14. The average Bonchev–Trinajstić information content (AvgIpc) is 3.50. The van der Waals surface area contributed by atoms with E-state index in [1.54, 1.807) is 25.7 Å². The van der Waals surface area contributed by atoms with E-state index >= 15 is 4.39 Å². The van der Waals surface area contributed by atoms with E-state index in [-0.39, 0.29) is 17.4 Å². The first kappa shape index (κ1) is 35.1. The van der Waals surface area contributed by atoms with Crippen molar-refractivity contribution in [3.63, 3.8) is 0 Å². The Morgan fingerprint density at radius 2 is 1.72 bits per heavy atom. The van der Waals surface area contributed by atoms with Crippen molar-refractivity contribution in [1.29, 1.82) is 0 Å². The maximum Gasteiger partial charge on any atom is 0.407 e. The molecule has 2 saturated heterocycles. The van der Waals surface area contributed by atoms with E-state index in [0.717, 1.165) is 22.9 Å². The van der Waals surface area contributed by atoms with Crippen molar-refractivity contribution in [1.82, 2.24) is 15.1 Å². The van der Waals surface area contributed by atoms with Gasteiger partial charge in [0.05, 0.1) is 11.3 Å². The molecule has 256 valence electrons. The Labute approximate surface area is 281 Å². The lowest BCUT2D eigenvalue weighted by molar-refractivity contribution is -0.139. The maximum absolute atomic E-state index is 15.0. The molecule has 0 aliphatic carbocycles. The minimum atomic E-state index is -0.822. The van der Waals surface area contributed by atoms with Gasteiger partial charge in [-0.15, -0.1) is 0 Å². The maximum atomic E-state index is 15.0. The molecule has 11 heteroatoms. The summed E-state index contributed by atoms with van der Waals surface area (Å²) >= 11 is 6.60. The first-order valence-electron chi connectivity index (χ1n) is 16.5. The van der Waals surface area contributed by atoms with Gasteiger partial charge in [-0.25, -0.2) is 13.6 Å². The van der Waals surface area contributed by atoms with Gasteiger partial charge in [-0.3, -0.25) is 14.5 Å². The van der Waals surface area contributed by atoms with E-state index < -0.39 is 40.6 Å². The Balaban J connectivity index is 1.32. The summed E-state index contributed by atoms with van der Waals surface area (Å²) in [6, 6.07) is 7.44. The number of rotatable bonds is 6. The van der Waals surface area contributed by atoms with Crippen molar-refractivity contribution in [3.8, 4) is 0 Å². The standard InChI is InChI=1S/C36H47ClF2N4O4/c1-22-17-30-27(19-28(22)37)36(32(45)43(30)14-8-13-40-33(46)47-35(5,6)7)11-15-41(16-12-36)31(44)26-21-42(34(2,3)4)20-25(26)24-10-9-23(38)18-29(24)39/h9-10,17-19,25-26H,8,11-16,20-21H2,1-7H3,(H,40,46). The molecule has 0 saturated carbocycles. The number of carbonyl (C=O) groups excluding carboxylic acids is 3. The van der Waals surface area contributed by atoms with Crippen LogP contribution in [0, 0.1) is 24.5 Å². The van der Waals surface area contributed by atoms with Gasteiger partial charge in [0.2, 0.25) is 11.8 Å². The first-order valence-corrected chi connectivity index (χ1v) is 16.9. The van der Waals surface area contributed by atoms with Gasteiger partial charge in [-0.2, -0.15) is 0 Å². The van der Waals surface area contributed by atoms with Crippen molar-refractivity contribution in [3.05, 3.63) is 63.7 Å². The second-order valence-corrected chi connectivity index (χ2v) is 15.6. The minimum absolute atomic E-state index is 0.0235. The number of anilines is 1. The predicted molar refractivity (Wildman–Crippen MR) is 179 cm³/mol. The second kappa shape index (κ2) is 13.0. The van der Waals surface area contributed by atoms with Crippen LogP contribution < -0.4 is 10.2 Å². The number of nitrogens with one attached hydrogen (secondary N) is 1. The van der Waals surface area contributed by atoms with E-state index in [2.05, 4.69) is 31.0 Å². The molecule has 5 rings (SSSR count). The highest BCUT2D eigenvalue weighted by Gasteiger charge is 2.53. The van der Waals surface area contributed by atoms with Gasteiger partial charge in [0, 0.05) is 67.5 Å². The fourth-order valence-electron chi connectivity index (χ4n) is 7.27. The number of alkyl carbamates (subject to hydrolysis) is 1. The monoisotopic (exact) mass is 672 g/mol.